The van der Waals surface area contributed by atoms with E-state index < -0.39 is 12.0 Å². The number of thioether (sulfide) groups is 1. The van der Waals surface area contributed by atoms with Gasteiger partial charge in [-0.1, -0.05) is 6.92 Å². The lowest BCUT2D eigenvalue weighted by molar-refractivity contribution is -0.139. The van der Waals surface area contributed by atoms with Crippen molar-refractivity contribution in [1.29, 1.82) is 0 Å². The van der Waals surface area contributed by atoms with E-state index >= 15 is 0 Å². The number of rotatable bonds is 8. The van der Waals surface area contributed by atoms with E-state index in [1.165, 1.54) is 0 Å². The first-order chi connectivity index (χ1) is 6.61. The fourth-order valence-corrected chi connectivity index (χ4v) is 2.01. The molecule has 0 radical (unpaired) electrons. The molecule has 14 heavy (non-hydrogen) atoms. The van der Waals surface area contributed by atoms with Crippen molar-refractivity contribution in [3.05, 3.63) is 0 Å². The van der Waals surface area contributed by atoms with Crippen LogP contribution in [0.4, 0.5) is 0 Å². The third kappa shape index (κ3) is 6.23. The number of aliphatic hydroxyl groups excluding tert-OH is 1. The van der Waals surface area contributed by atoms with Crippen molar-refractivity contribution in [2.24, 2.45) is 5.92 Å². The van der Waals surface area contributed by atoms with Gasteiger partial charge in [-0.05, 0) is 30.9 Å². The van der Waals surface area contributed by atoms with Gasteiger partial charge in [0.1, 0.15) is 6.04 Å². The van der Waals surface area contributed by atoms with Gasteiger partial charge in [-0.25, -0.2) is 0 Å². The molecule has 84 valence electrons. The first-order valence-electron chi connectivity index (χ1n) is 4.70. The summed E-state index contributed by atoms with van der Waals surface area (Å²) in [6.07, 6.45) is 0.620. The molecule has 0 aliphatic carbocycles. The highest BCUT2D eigenvalue weighted by atomic mass is 32.2. The minimum Gasteiger partial charge on any atom is -0.480 e. The summed E-state index contributed by atoms with van der Waals surface area (Å²) in [5.41, 5.74) is 0. The summed E-state index contributed by atoms with van der Waals surface area (Å²) in [6.45, 7) is 2.17. The molecule has 2 unspecified atom stereocenters. The summed E-state index contributed by atoms with van der Waals surface area (Å²) >= 11 is 1.68. The molecule has 0 aliphatic heterocycles. The molecule has 5 heteroatoms. The summed E-state index contributed by atoms with van der Waals surface area (Å²) < 4.78 is 0. The Morgan fingerprint density at radius 3 is 2.64 bits per heavy atom. The van der Waals surface area contributed by atoms with Gasteiger partial charge in [0.05, 0.1) is 0 Å². The Bertz CT molecular complexity index is 166. The Morgan fingerprint density at radius 2 is 2.21 bits per heavy atom. The molecule has 4 nitrogen and oxygen atoms in total. The molecule has 2 atom stereocenters. The highest BCUT2D eigenvalue weighted by molar-refractivity contribution is 7.99. The van der Waals surface area contributed by atoms with Crippen LogP contribution in [0.5, 0.6) is 0 Å². The van der Waals surface area contributed by atoms with Crippen molar-refractivity contribution in [3.63, 3.8) is 0 Å². The zero-order valence-corrected chi connectivity index (χ0v) is 9.51. The van der Waals surface area contributed by atoms with E-state index in [9.17, 15) is 4.79 Å². The average molecular weight is 221 g/mol. The van der Waals surface area contributed by atoms with Crippen LogP contribution in [0.2, 0.25) is 0 Å². The first-order valence-corrected chi connectivity index (χ1v) is 5.86. The van der Waals surface area contributed by atoms with E-state index in [-0.39, 0.29) is 12.5 Å². The van der Waals surface area contributed by atoms with Crippen LogP contribution in [-0.4, -0.2) is 47.4 Å². The summed E-state index contributed by atoms with van der Waals surface area (Å²) in [5, 5.41) is 20.2. The third-order valence-corrected chi connectivity index (χ3v) is 3.24. The van der Waals surface area contributed by atoms with Gasteiger partial charge in [-0.15, -0.1) is 0 Å². The number of likely N-dealkylation sites (N-methyl/N-ethyl adjacent to an activating group) is 1. The van der Waals surface area contributed by atoms with Gasteiger partial charge in [0.2, 0.25) is 0 Å². The second-order valence-electron chi connectivity index (χ2n) is 3.33. The molecule has 0 amide bonds. The Balaban J connectivity index is 3.47. The SMILES string of the molecule is CNC(CCSCC(C)CO)C(=O)O. The molecule has 3 N–H and O–H groups in total. The summed E-state index contributed by atoms with van der Waals surface area (Å²) in [6, 6.07) is -0.452. The molecule has 0 heterocycles. The molecule has 0 rings (SSSR count). The van der Waals surface area contributed by atoms with Crippen molar-refractivity contribution in [2.75, 3.05) is 25.2 Å². The molecule has 0 fully saturated rings. The minimum absolute atomic E-state index is 0.196. The van der Waals surface area contributed by atoms with Crippen LogP contribution in [0, 0.1) is 5.92 Å². The highest BCUT2D eigenvalue weighted by Gasteiger charge is 2.13. The Morgan fingerprint density at radius 1 is 1.57 bits per heavy atom. The molecule has 0 aromatic heterocycles. The predicted octanol–water partition coefficient (Wildman–Crippen LogP) is 0.411. The van der Waals surface area contributed by atoms with Crippen molar-refractivity contribution in [1.82, 2.24) is 5.32 Å². The predicted molar refractivity (Wildman–Crippen MR) is 58.7 cm³/mol. The van der Waals surface area contributed by atoms with E-state index in [4.69, 9.17) is 10.2 Å². The van der Waals surface area contributed by atoms with E-state index in [1.54, 1.807) is 18.8 Å². The van der Waals surface area contributed by atoms with Gasteiger partial charge >= 0.3 is 5.97 Å². The number of carboxylic acid groups (broad SMARTS) is 1. The van der Waals surface area contributed by atoms with E-state index in [0.29, 0.717) is 6.42 Å². The van der Waals surface area contributed by atoms with Crippen LogP contribution in [0.25, 0.3) is 0 Å². The second kappa shape index (κ2) is 8.08. The number of carbonyl (C=O) groups is 1. The summed E-state index contributed by atoms with van der Waals surface area (Å²) in [5.74, 6) is 1.18. The van der Waals surface area contributed by atoms with Crippen LogP contribution in [0.1, 0.15) is 13.3 Å². The van der Waals surface area contributed by atoms with Gasteiger partial charge in [0.15, 0.2) is 0 Å². The quantitative estimate of drug-likeness (QED) is 0.518. The molecule has 0 aliphatic rings. The smallest absolute Gasteiger partial charge is 0.320 e. The zero-order chi connectivity index (χ0) is 11.0. The molecule has 0 bridgehead atoms. The topological polar surface area (TPSA) is 69.6 Å². The number of aliphatic hydroxyl groups is 1. The molecule has 0 saturated carbocycles. The zero-order valence-electron chi connectivity index (χ0n) is 8.69. The normalized spacial score (nSPS) is 15.1. The monoisotopic (exact) mass is 221 g/mol. The standard InChI is InChI=1S/C9H19NO3S/c1-7(5-11)6-14-4-3-8(10-2)9(12)13/h7-8,10-11H,3-6H2,1-2H3,(H,12,13). The van der Waals surface area contributed by atoms with Gasteiger partial charge < -0.3 is 15.5 Å². The second-order valence-corrected chi connectivity index (χ2v) is 4.48. The fourth-order valence-electron chi connectivity index (χ4n) is 0.930. The van der Waals surface area contributed by atoms with Crippen LogP contribution in [-0.2, 0) is 4.79 Å². The van der Waals surface area contributed by atoms with Crippen molar-refractivity contribution in [2.45, 2.75) is 19.4 Å². The third-order valence-electron chi connectivity index (χ3n) is 1.91. The lowest BCUT2D eigenvalue weighted by Gasteiger charge is -2.11. The van der Waals surface area contributed by atoms with Crippen molar-refractivity contribution >= 4 is 17.7 Å². The van der Waals surface area contributed by atoms with Gasteiger partial charge in [0, 0.05) is 6.61 Å². The van der Waals surface area contributed by atoms with E-state index in [2.05, 4.69) is 5.32 Å². The maximum absolute atomic E-state index is 10.6. The van der Waals surface area contributed by atoms with Crippen LogP contribution < -0.4 is 5.32 Å². The average Bonchev–Trinajstić information content (AvgIpc) is 2.16. The van der Waals surface area contributed by atoms with Crippen LogP contribution >= 0.6 is 11.8 Å². The minimum atomic E-state index is -0.802. The van der Waals surface area contributed by atoms with E-state index in [0.717, 1.165) is 11.5 Å². The molecular formula is C9H19NO3S. The number of carboxylic acids is 1. The Kier molecular flexibility index (Phi) is 7.93. The van der Waals surface area contributed by atoms with Crippen LogP contribution in [0.3, 0.4) is 0 Å². The maximum atomic E-state index is 10.6. The highest BCUT2D eigenvalue weighted by Crippen LogP contribution is 2.10. The number of hydrogen-bond acceptors (Lipinski definition) is 4. The van der Waals surface area contributed by atoms with Crippen molar-refractivity contribution < 1.29 is 15.0 Å². The number of nitrogens with one attached hydrogen (secondary N) is 1. The van der Waals surface area contributed by atoms with E-state index in [1.807, 2.05) is 6.92 Å². The molecule has 0 saturated heterocycles. The van der Waals surface area contributed by atoms with Crippen molar-refractivity contribution in [3.8, 4) is 0 Å². The first kappa shape index (κ1) is 13.7. The number of aliphatic carboxylic acids is 1. The fraction of sp³-hybridized carbons (Fsp3) is 0.889. The molecule has 0 spiro atoms. The Labute approximate surface area is 89.1 Å². The van der Waals surface area contributed by atoms with Gasteiger partial charge in [0.25, 0.3) is 0 Å². The van der Waals surface area contributed by atoms with Crippen LogP contribution in [0.15, 0.2) is 0 Å². The Hall–Kier alpha value is -0.260. The number of hydrogen-bond donors (Lipinski definition) is 3. The summed E-state index contributed by atoms with van der Waals surface area (Å²) in [7, 11) is 1.65. The summed E-state index contributed by atoms with van der Waals surface area (Å²) in [4.78, 5) is 10.6. The molecule has 0 aromatic carbocycles. The lowest BCUT2D eigenvalue weighted by Crippen LogP contribution is -2.34. The molecular weight excluding hydrogens is 202 g/mol. The van der Waals surface area contributed by atoms with Gasteiger partial charge in [-0.3, -0.25) is 4.79 Å². The van der Waals surface area contributed by atoms with Gasteiger partial charge in [-0.2, -0.15) is 11.8 Å². The maximum Gasteiger partial charge on any atom is 0.320 e. The molecule has 0 aromatic rings. The largest absolute Gasteiger partial charge is 0.480 e. The lowest BCUT2D eigenvalue weighted by atomic mass is 10.2.